The van der Waals surface area contributed by atoms with E-state index in [4.69, 9.17) is 0 Å². The Bertz CT molecular complexity index is 558. The van der Waals surface area contributed by atoms with Crippen LogP contribution in [-0.2, 0) is 12.8 Å². The van der Waals surface area contributed by atoms with Crippen LogP contribution in [0.4, 0.5) is 0 Å². The van der Waals surface area contributed by atoms with Gasteiger partial charge >= 0.3 is 0 Å². The van der Waals surface area contributed by atoms with Gasteiger partial charge < -0.3 is 0 Å². The SMILES string of the molecule is C=C1C(C)(C)C2CCC1(Br)C21Cc2ccccc2C1. The van der Waals surface area contributed by atoms with Gasteiger partial charge in [0, 0.05) is 5.41 Å². The summed E-state index contributed by atoms with van der Waals surface area (Å²) in [5.41, 5.74) is 5.26. The second-order valence-electron chi connectivity index (χ2n) is 7.37. The smallest absolute Gasteiger partial charge is 0.0534 e. The van der Waals surface area contributed by atoms with Crippen molar-refractivity contribution in [3.05, 3.63) is 47.5 Å². The highest BCUT2D eigenvalue weighted by Crippen LogP contribution is 2.76. The highest BCUT2D eigenvalue weighted by atomic mass is 79.9. The third-order valence-corrected chi connectivity index (χ3v) is 8.16. The first kappa shape index (κ1) is 12.2. The Morgan fingerprint density at radius 1 is 1.16 bits per heavy atom. The monoisotopic (exact) mass is 316 g/mol. The molecule has 100 valence electrons. The molecule has 4 rings (SSSR count). The van der Waals surface area contributed by atoms with Crippen molar-refractivity contribution in [1.29, 1.82) is 0 Å². The van der Waals surface area contributed by atoms with E-state index >= 15 is 0 Å². The highest BCUT2D eigenvalue weighted by Gasteiger charge is 2.72. The average molecular weight is 317 g/mol. The zero-order valence-electron chi connectivity index (χ0n) is 11.8. The Kier molecular flexibility index (Phi) is 2.16. The summed E-state index contributed by atoms with van der Waals surface area (Å²) in [5.74, 6) is 0.777. The van der Waals surface area contributed by atoms with Crippen LogP contribution < -0.4 is 0 Å². The molecule has 0 N–H and O–H groups in total. The first-order chi connectivity index (χ1) is 8.92. The lowest BCUT2D eigenvalue weighted by Crippen LogP contribution is -2.38. The molecule has 2 bridgehead atoms. The van der Waals surface area contributed by atoms with Crippen molar-refractivity contribution in [3.63, 3.8) is 0 Å². The van der Waals surface area contributed by atoms with Gasteiger partial charge in [0.05, 0.1) is 4.32 Å². The molecule has 0 aromatic heterocycles. The minimum absolute atomic E-state index is 0.174. The van der Waals surface area contributed by atoms with E-state index < -0.39 is 0 Å². The Morgan fingerprint density at radius 3 is 2.21 bits per heavy atom. The van der Waals surface area contributed by atoms with E-state index in [-0.39, 0.29) is 9.74 Å². The predicted octanol–water partition coefficient (Wildman–Crippen LogP) is 4.91. The fourth-order valence-corrected chi connectivity index (χ4v) is 6.84. The van der Waals surface area contributed by atoms with Gasteiger partial charge in [0.1, 0.15) is 0 Å². The highest BCUT2D eigenvalue weighted by molar-refractivity contribution is 9.10. The first-order valence-corrected chi connectivity index (χ1v) is 8.17. The van der Waals surface area contributed by atoms with Crippen LogP contribution in [0.5, 0.6) is 0 Å². The molecule has 1 aromatic carbocycles. The molecule has 2 atom stereocenters. The van der Waals surface area contributed by atoms with Crippen LogP contribution in [0.3, 0.4) is 0 Å². The Balaban J connectivity index is 1.89. The van der Waals surface area contributed by atoms with Gasteiger partial charge in [-0.05, 0) is 48.1 Å². The van der Waals surface area contributed by atoms with E-state index in [2.05, 4.69) is 60.6 Å². The first-order valence-electron chi connectivity index (χ1n) is 7.37. The van der Waals surface area contributed by atoms with Crippen molar-refractivity contribution in [2.24, 2.45) is 16.7 Å². The summed E-state index contributed by atoms with van der Waals surface area (Å²) in [4.78, 5) is 0. The maximum absolute atomic E-state index is 4.50. The van der Waals surface area contributed by atoms with Crippen molar-refractivity contribution in [2.45, 2.75) is 43.9 Å². The van der Waals surface area contributed by atoms with Gasteiger partial charge in [0.25, 0.3) is 0 Å². The van der Waals surface area contributed by atoms with Crippen molar-refractivity contribution in [3.8, 4) is 0 Å². The molecule has 0 amide bonds. The fourth-order valence-electron chi connectivity index (χ4n) is 5.54. The van der Waals surface area contributed by atoms with Gasteiger partial charge in [-0.25, -0.2) is 0 Å². The van der Waals surface area contributed by atoms with Crippen LogP contribution in [0, 0.1) is 16.7 Å². The molecule has 2 fully saturated rings. The molecule has 2 unspecified atom stereocenters. The van der Waals surface area contributed by atoms with Crippen LogP contribution >= 0.6 is 15.9 Å². The zero-order valence-corrected chi connectivity index (χ0v) is 13.4. The van der Waals surface area contributed by atoms with Gasteiger partial charge in [-0.3, -0.25) is 0 Å². The molecule has 0 saturated heterocycles. The molecule has 0 nitrogen and oxygen atoms in total. The van der Waals surface area contributed by atoms with Crippen molar-refractivity contribution >= 4 is 15.9 Å². The number of allylic oxidation sites excluding steroid dienone is 1. The molecule has 1 spiro atoms. The molecule has 1 heteroatoms. The van der Waals surface area contributed by atoms with E-state index in [0.717, 1.165) is 5.92 Å². The summed E-state index contributed by atoms with van der Waals surface area (Å²) >= 11 is 4.17. The van der Waals surface area contributed by atoms with Crippen LogP contribution in [0.2, 0.25) is 0 Å². The number of halogens is 1. The van der Waals surface area contributed by atoms with Crippen LogP contribution in [0.1, 0.15) is 37.8 Å². The lowest BCUT2D eigenvalue weighted by Gasteiger charge is -2.36. The van der Waals surface area contributed by atoms with Gasteiger partial charge in [-0.1, -0.05) is 66.2 Å². The lowest BCUT2D eigenvalue weighted by atomic mass is 9.69. The topological polar surface area (TPSA) is 0 Å². The molecule has 3 aliphatic carbocycles. The van der Waals surface area contributed by atoms with E-state index in [0.29, 0.717) is 5.41 Å². The number of fused-ring (bicyclic) bond motifs is 1. The van der Waals surface area contributed by atoms with Gasteiger partial charge in [0.15, 0.2) is 0 Å². The van der Waals surface area contributed by atoms with Gasteiger partial charge in [-0.2, -0.15) is 0 Å². The van der Waals surface area contributed by atoms with Crippen LogP contribution in [0.15, 0.2) is 36.4 Å². The number of hydrogen-bond donors (Lipinski definition) is 0. The second-order valence-corrected chi connectivity index (χ2v) is 8.72. The summed E-state index contributed by atoms with van der Waals surface area (Å²) in [6.07, 6.45) is 5.10. The van der Waals surface area contributed by atoms with E-state index in [9.17, 15) is 0 Å². The van der Waals surface area contributed by atoms with Crippen LogP contribution in [0.25, 0.3) is 0 Å². The Hall–Kier alpha value is -0.560. The van der Waals surface area contributed by atoms with Gasteiger partial charge in [0.2, 0.25) is 0 Å². The molecular weight excluding hydrogens is 296 g/mol. The third-order valence-electron chi connectivity index (χ3n) is 6.49. The van der Waals surface area contributed by atoms with Crippen LogP contribution in [-0.4, -0.2) is 4.32 Å². The van der Waals surface area contributed by atoms with Crippen molar-refractivity contribution in [2.75, 3.05) is 0 Å². The summed E-state index contributed by atoms with van der Waals surface area (Å²) in [6.45, 7) is 9.32. The number of alkyl halides is 1. The normalized spacial score (nSPS) is 37.0. The molecule has 0 radical (unpaired) electrons. The van der Waals surface area contributed by atoms with Crippen molar-refractivity contribution < 1.29 is 0 Å². The fraction of sp³-hybridized carbons (Fsp3) is 0.556. The summed E-state index contributed by atoms with van der Waals surface area (Å²) in [6, 6.07) is 9.03. The molecule has 3 aliphatic rings. The minimum atomic E-state index is 0.174. The lowest BCUT2D eigenvalue weighted by molar-refractivity contribution is 0.161. The summed E-state index contributed by atoms with van der Waals surface area (Å²) in [5, 5.41) is 0. The van der Waals surface area contributed by atoms with Gasteiger partial charge in [-0.15, -0.1) is 0 Å². The average Bonchev–Trinajstić information content (AvgIpc) is 2.91. The summed E-state index contributed by atoms with van der Waals surface area (Å²) in [7, 11) is 0. The van der Waals surface area contributed by atoms with E-state index in [1.165, 1.54) is 31.3 Å². The molecule has 0 aliphatic heterocycles. The zero-order chi connectivity index (χ0) is 13.5. The Labute approximate surface area is 124 Å². The minimum Gasteiger partial charge on any atom is -0.0979 e. The number of benzene rings is 1. The largest absolute Gasteiger partial charge is 0.0979 e. The quantitative estimate of drug-likeness (QED) is 0.471. The third kappa shape index (κ3) is 1.18. The standard InChI is InChI=1S/C18H21Br/c1-12-16(2,3)15-8-9-18(12,19)17(15)10-13-6-4-5-7-14(13)11-17/h4-7,15H,1,8-11H2,2-3H3. The molecule has 19 heavy (non-hydrogen) atoms. The molecule has 1 aromatic rings. The maximum Gasteiger partial charge on any atom is 0.0534 e. The van der Waals surface area contributed by atoms with Crippen molar-refractivity contribution in [1.82, 2.24) is 0 Å². The predicted molar refractivity (Wildman–Crippen MR) is 83.6 cm³/mol. The molecule has 0 heterocycles. The number of rotatable bonds is 0. The number of hydrogen-bond acceptors (Lipinski definition) is 0. The molecular formula is C18H21Br. The second kappa shape index (κ2) is 3.36. The molecule has 2 saturated carbocycles. The maximum atomic E-state index is 4.50. The van der Waals surface area contributed by atoms with E-state index in [1.54, 1.807) is 11.1 Å². The van der Waals surface area contributed by atoms with E-state index in [1.807, 2.05) is 0 Å². The summed E-state index contributed by atoms with van der Waals surface area (Å²) < 4.78 is 0.174. The Morgan fingerprint density at radius 2 is 1.74 bits per heavy atom.